The second-order valence-corrected chi connectivity index (χ2v) is 5.74. The summed E-state index contributed by atoms with van der Waals surface area (Å²) in [6.45, 7) is 7.45. The molecule has 2 heteroatoms. The average molecular weight is 288 g/mol. The Balaban J connectivity index is 2.36. The molecule has 0 spiro atoms. The van der Waals surface area contributed by atoms with Crippen molar-refractivity contribution in [2.24, 2.45) is 0 Å². The maximum Gasteiger partial charge on any atom is 0.0591 e. The smallest absolute Gasteiger partial charge is 0.0591 e. The first-order chi connectivity index (χ1) is 9.63. The van der Waals surface area contributed by atoms with Gasteiger partial charge in [0.05, 0.1) is 6.04 Å². The van der Waals surface area contributed by atoms with Crippen LogP contribution in [0, 0.1) is 0 Å². The molecule has 0 bridgehead atoms. The van der Waals surface area contributed by atoms with Gasteiger partial charge in [0.15, 0.2) is 0 Å². The summed E-state index contributed by atoms with van der Waals surface area (Å²) in [4.78, 5) is 0. The van der Waals surface area contributed by atoms with Gasteiger partial charge >= 0.3 is 0 Å². The van der Waals surface area contributed by atoms with Crippen LogP contribution in [0.4, 0.5) is 0 Å². The van der Waals surface area contributed by atoms with Crippen LogP contribution in [0.5, 0.6) is 0 Å². The van der Waals surface area contributed by atoms with Crippen molar-refractivity contribution in [3.8, 4) is 0 Å². The molecular formula is C18H22ClN. The lowest BCUT2D eigenvalue weighted by molar-refractivity contribution is 0.630. The van der Waals surface area contributed by atoms with Crippen molar-refractivity contribution >= 4 is 11.6 Å². The summed E-state index contributed by atoms with van der Waals surface area (Å²) in [6.07, 6.45) is 0. The van der Waals surface area contributed by atoms with Crippen LogP contribution in [0.25, 0.3) is 0 Å². The zero-order valence-corrected chi connectivity index (χ0v) is 13.1. The molecule has 0 fully saturated rings. The maximum absolute atomic E-state index is 6.35. The molecule has 1 unspecified atom stereocenters. The van der Waals surface area contributed by atoms with Crippen LogP contribution in [0.3, 0.4) is 0 Å². The normalized spacial score (nSPS) is 12.7. The van der Waals surface area contributed by atoms with E-state index in [9.17, 15) is 0 Å². The third-order valence-corrected chi connectivity index (χ3v) is 3.91. The number of rotatable bonds is 5. The van der Waals surface area contributed by atoms with Crippen molar-refractivity contribution in [3.63, 3.8) is 0 Å². The number of hydrogen-bond acceptors (Lipinski definition) is 1. The molecule has 1 atom stereocenters. The lowest BCUT2D eigenvalue weighted by Crippen LogP contribution is -2.22. The fourth-order valence-electron chi connectivity index (χ4n) is 2.39. The van der Waals surface area contributed by atoms with E-state index >= 15 is 0 Å². The molecule has 0 saturated heterocycles. The number of nitrogens with one attached hydrogen (secondary N) is 1. The number of hydrogen-bond donors (Lipinski definition) is 1. The van der Waals surface area contributed by atoms with E-state index in [1.807, 2.05) is 18.2 Å². The van der Waals surface area contributed by atoms with Gasteiger partial charge in [0.25, 0.3) is 0 Å². The Morgan fingerprint density at radius 2 is 1.55 bits per heavy atom. The van der Waals surface area contributed by atoms with Crippen LogP contribution in [0.2, 0.25) is 5.02 Å². The standard InChI is InChI=1S/C18H22ClN/c1-4-20-18(16-7-5-6-8-17(16)19)15-11-9-14(10-12-15)13(2)3/h5-13,18,20H,4H2,1-3H3. The van der Waals surface area contributed by atoms with Crippen LogP contribution in [0.15, 0.2) is 48.5 Å². The van der Waals surface area contributed by atoms with Gasteiger partial charge in [-0.3, -0.25) is 0 Å². The van der Waals surface area contributed by atoms with Gasteiger partial charge in [0, 0.05) is 5.02 Å². The molecule has 2 rings (SSSR count). The molecule has 2 aromatic carbocycles. The largest absolute Gasteiger partial charge is 0.306 e. The molecule has 0 radical (unpaired) electrons. The van der Waals surface area contributed by atoms with Crippen LogP contribution in [0.1, 0.15) is 49.4 Å². The molecular weight excluding hydrogens is 266 g/mol. The highest BCUT2D eigenvalue weighted by molar-refractivity contribution is 6.31. The molecule has 106 valence electrons. The highest BCUT2D eigenvalue weighted by atomic mass is 35.5. The number of halogens is 1. The summed E-state index contributed by atoms with van der Waals surface area (Å²) >= 11 is 6.35. The van der Waals surface area contributed by atoms with E-state index < -0.39 is 0 Å². The van der Waals surface area contributed by atoms with Crippen molar-refractivity contribution < 1.29 is 0 Å². The number of benzene rings is 2. The lowest BCUT2D eigenvalue weighted by atomic mass is 9.95. The molecule has 2 aromatic rings. The van der Waals surface area contributed by atoms with Crippen molar-refractivity contribution in [1.82, 2.24) is 5.32 Å². The van der Waals surface area contributed by atoms with Crippen molar-refractivity contribution in [1.29, 1.82) is 0 Å². The Bertz CT molecular complexity index is 546. The first-order valence-corrected chi connectivity index (χ1v) is 7.59. The second-order valence-electron chi connectivity index (χ2n) is 5.33. The molecule has 20 heavy (non-hydrogen) atoms. The third-order valence-electron chi connectivity index (χ3n) is 3.56. The van der Waals surface area contributed by atoms with E-state index in [0.29, 0.717) is 5.92 Å². The van der Waals surface area contributed by atoms with Gasteiger partial charge < -0.3 is 5.32 Å². The average Bonchev–Trinajstić information content (AvgIpc) is 2.46. The molecule has 1 nitrogen and oxygen atoms in total. The van der Waals surface area contributed by atoms with Gasteiger partial charge in [-0.2, -0.15) is 0 Å². The summed E-state index contributed by atoms with van der Waals surface area (Å²) in [5.41, 5.74) is 3.75. The third kappa shape index (κ3) is 3.41. The highest BCUT2D eigenvalue weighted by Gasteiger charge is 2.15. The summed E-state index contributed by atoms with van der Waals surface area (Å²) < 4.78 is 0. The van der Waals surface area contributed by atoms with Gasteiger partial charge in [-0.15, -0.1) is 0 Å². The second kappa shape index (κ2) is 6.92. The molecule has 0 aliphatic carbocycles. The van der Waals surface area contributed by atoms with E-state index in [2.05, 4.69) is 56.4 Å². The molecule has 0 heterocycles. The Kier molecular flexibility index (Phi) is 5.22. The molecule has 0 saturated carbocycles. The van der Waals surface area contributed by atoms with Crippen molar-refractivity contribution in [3.05, 3.63) is 70.2 Å². The fraction of sp³-hybridized carbons (Fsp3) is 0.333. The van der Waals surface area contributed by atoms with Gasteiger partial charge in [0.1, 0.15) is 0 Å². The van der Waals surface area contributed by atoms with E-state index in [1.165, 1.54) is 11.1 Å². The zero-order chi connectivity index (χ0) is 14.5. The maximum atomic E-state index is 6.35. The Hall–Kier alpha value is -1.31. The Morgan fingerprint density at radius 1 is 0.950 bits per heavy atom. The van der Waals surface area contributed by atoms with E-state index in [4.69, 9.17) is 11.6 Å². The molecule has 0 aliphatic rings. The van der Waals surface area contributed by atoms with Gasteiger partial charge in [-0.05, 0) is 35.2 Å². The first-order valence-electron chi connectivity index (χ1n) is 7.21. The summed E-state index contributed by atoms with van der Waals surface area (Å²) in [6, 6.07) is 17.0. The Morgan fingerprint density at radius 3 is 2.10 bits per heavy atom. The van der Waals surface area contributed by atoms with Crippen LogP contribution >= 0.6 is 11.6 Å². The molecule has 0 aromatic heterocycles. The van der Waals surface area contributed by atoms with Crippen molar-refractivity contribution in [2.75, 3.05) is 6.54 Å². The predicted molar refractivity (Wildman–Crippen MR) is 87.5 cm³/mol. The minimum absolute atomic E-state index is 0.148. The minimum Gasteiger partial charge on any atom is -0.306 e. The first kappa shape index (κ1) is 15.1. The van der Waals surface area contributed by atoms with Crippen LogP contribution in [-0.2, 0) is 0 Å². The molecule has 1 N–H and O–H groups in total. The van der Waals surface area contributed by atoms with E-state index in [0.717, 1.165) is 17.1 Å². The van der Waals surface area contributed by atoms with Gasteiger partial charge in [0.2, 0.25) is 0 Å². The van der Waals surface area contributed by atoms with Crippen LogP contribution in [-0.4, -0.2) is 6.54 Å². The monoisotopic (exact) mass is 287 g/mol. The molecule has 0 amide bonds. The lowest BCUT2D eigenvalue weighted by Gasteiger charge is -2.20. The summed E-state index contributed by atoms with van der Waals surface area (Å²) in [5.74, 6) is 0.557. The SMILES string of the molecule is CCNC(c1ccc(C(C)C)cc1)c1ccccc1Cl. The predicted octanol–water partition coefficient (Wildman–Crippen LogP) is 5.16. The van der Waals surface area contributed by atoms with Gasteiger partial charge in [-0.1, -0.05) is 74.8 Å². The minimum atomic E-state index is 0.148. The summed E-state index contributed by atoms with van der Waals surface area (Å²) in [5, 5.41) is 4.33. The quantitative estimate of drug-likeness (QED) is 0.801. The Labute approximate surface area is 127 Å². The van der Waals surface area contributed by atoms with Crippen LogP contribution < -0.4 is 5.32 Å². The summed E-state index contributed by atoms with van der Waals surface area (Å²) in [7, 11) is 0. The highest BCUT2D eigenvalue weighted by Crippen LogP contribution is 2.29. The fourth-order valence-corrected chi connectivity index (χ4v) is 2.64. The molecule has 0 aliphatic heterocycles. The topological polar surface area (TPSA) is 12.0 Å². The zero-order valence-electron chi connectivity index (χ0n) is 12.4. The van der Waals surface area contributed by atoms with E-state index in [-0.39, 0.29) is 6.04 Å². The van der Waals surface area contributed by atoms with Gasteiger partial charge in [-0.25, -0.2) is 0 Å². The van der Waals surface area contributed by atoms with Crippen molar-refractivity contribution in [2.45, 2.75) is 32.7 Å². The van der Waals surface area contributed by atoms with E-state index in [1.54, 1.807) is 0 Å².